The summed E-state index contributed by atoms with van der Waals surface area (Å²) in [4.78, 5) is 24.3. The summed E-state index contributed by atoms with van der Waals surface area (Å²) in [6.45, 7) is 1.93. The monoisotopic (exact) mass is 349 g/mol. The number of hydrogen-bond donors (Lipinski definition) is 2. The summed E-state index contributed by atoms with van der Waals surface area (Å²) in [5.74, 6) is 0.797. The van der Waals surface area contributed by atoms with Gasteiger partial charge in [0.2, 0.25) is 0 Å². The summed E-state index contributed by atoms with van der Waals surface area (Å²) in [5, 5.41) is 6.74. The van der Waals surface area contributed by atoms with Crippen molar-refractivity contribution in [3.8, 4) is 5.75 Å². The number of pyridine rings is 1. The fraction of sp³-hybridized carbons (Fsp3) is 0.200. The van der Waals surface area contributed by atoms with E-state index in [1.165, 1.54) is 6.07 Å². The second-order valence-corrected chi connectivity index (χ2v) is 6.44. The minimum Gasteiger partial charge on any atom is -0.488 e. The summed E-state index contributed by atoms with van der Waals surface area (Å²) < 4.78 is 7.33. The Labute approximate surface area is 150 Å². The molecule has 6 heteroatoms. The van der Waals surface area contributed by atoms with Crippen molar-refractivity contribution in [2.45, 2.75) is 19.1 Å². The van der Waals surface area contributed by atoms with E-state index in [4.69, 9.17) is 4.74 Å². The van der Waals surface area contributed by atoms with E-state index in [0.717, 1.165) is 22.2 Å². The minimum absolute atomic E-state index is 0.0902. The molecule has 0 saturated carbocycles. The third-order valence-electron chi connectivity index (χ3n) is 4.71. The average Bonchev–Trinajstić information content (AvgIpc) is 2.94. The van der Waals surface area contributed by atoms with Gasteiger partial charge in [-0.3, -0.25) is 4.79 Å². The second-order valence-electron chi connectivity index (χ2n) is 6.44. The predicted molar refractivity (Wildman–Crippen MR) is 101 cm³/mol. The standard InChI is InChI=1S/C20H19N3O3/c1-12-19(15-5-3-4-6-17(15)26-12)22-20(25)21-14-9-7-13-8-10-18(24)23(2)16(13)11-14/h3-12,19H,1-2H3,(H2,21,22,25)/t12-,19-/m0/s1. The minimum atomic E-state index is -0.317. The summed E-state index contributed by atoms with van der Waals surface area (Å²) in [5.41, 5.74) is 2.26. The second kappa shape index (κ2) is 6.22. The number of urea groups is 1. The lowest BCUT2D eigenvalue weighted by molar-refractivity contribution is 0.204. The molecule has 2 atom stereocenters. The van der Waals surface area contributed by atoms with E-state index in [2.05, 4.69) is 10.6 Å². The number of anilines is 1. The fourth-order valence-electron chi connectivity index (χ4n) is 3.31. The van der Waals surface area contributed by atoms with Crippen LogP contribution < -0.4 is 20.9 Å². The summed E-state index contributed by atoms with van der Waals surface area (Å²) in [6.07, 6.45) is -0.143. The van der Waals surface area contributed by atoms with Crippen molar-refractivity contribution in [3.63, 3.8) is 0 Å². The number of hydrogen-bond acceptors (Lipinski definition) is 3. The Kier molecular flexibility index (Phi) is 3.88. The zero-order chi connectivity index (χ0) is 18.3. The number of nitrogens with one attached hydrogen (secondary N) is 2. The Morgan fingerprint density at radius 3 is 2.73 bits per heavy atom. The molecule has 2 aromatic carbocycles. The maximum Gasteiger partial charge on any atom is 0.319 e. The molecule has 132 valence electrons. The zero-order valence-electron chi connectivity index (χ0n) is 14.5. The largest absolute Gasteiger partial charge is 0.488 e. The topological polar surface area (TPSA) is 72.4 Å². The first-order valence-corrected chi connectivity index (χ1v) is 8.46. The number of carbonyl (C=O) groups is 1. The molecule has 2 heterocycles. The summed E-state index contributed by atoms with van der Waals surface area (Å²) >= 11 is 0. The molecule has 1 aliphatic heterocycles. The molecule has 6 nitrogen and oxygen atoms in total. The van der Waals surface area contributed by atoms with Crippen LogP contribution in [-0.2, 0) is 7.05 Å². The van der Waals surface area contributed by atoms with Gasteiger partial charge in [-0.15, -0.1) is 0 Å². The Balaban J connectivity index is 1.55. The van der Waals surface area contributed by atoms with Crippen molar-refractivity contribution in [2.24, 2.45) is 7.05 Å². The van der Waals surface area contributed by atoms with Crippen LogP contribution in [0.5, 0.6) is 5.75 Å². The van der Waals surface area contributed by atoms with Crippen LogP contribution in [0.25, 0.3) is 10.9 Å². The van der Waals surface area contributed by atoms with Crippen LogP contribution in [0.4, 0.5) is 10.5 Å². The maximum absolute atomic E-state index is 12.5. The molecule has 0 spiro atoms. The van der Waals surface area contributed by atoms with Crippen LogP contribution in [0, 0.1) is 0 Å². The molecule has 2 amide bonds. The van der Waals surface area contributed by atoms with E-state index in [-0.39, 0.29) is 23.7 Å². The van der Waals surface area contributed by atoms with E-state index < -0.39 is 0 Å². The highest BCUT2D eigenvalue weighted by atomic mass is 16.5. The number of carbonyl (C=O) groups excluding carboxylic acids is 1. The molecule has 0 fully saturated rings. The number of para-hydroxylation sites is 1. The number of amides is 2. The fourth-order valence-corrected chi connectivity index (χ4v) is 3.31. The highest BCUT2D eigenvalue weighted by Crippen LogP contribution is 2.36. The molecule has 26 heavy (non-hydrogen) atoms. The third-order valence-corrected chi connectivity index (χ3v) is 4.71. The Morgan fingerprint density at radius 2 is 1.88 bits per heavy atom. The van der Waals surface area contributed by atoms with Crippen LogP contribution in [-0.4, -0.2) is 16.7 Å². The van der Waals surface area contributed by atoms with Gasteiger partial charge < -0.3 is 19.9 Å². The lowest BCUT2D eigenvalue weighted by atomic mass is 10.1. The van der Waals surface area contributed by atoms with Crippen molar-refractivity contribution in [1.82, 2.24) is 9.88 Å². The molecular formula is C20H19N3O3. The number of benzene rings is 2. The van der Waals surface area contributed by atoms with Gasteiger partial charge in [-0.05, 0) is 36.6 Å². The number of fused-ring (bicyclic) bond motifs is 2. The molecule has 0 unspecified atom stereocenters. The predicted octanol–water partition coefficient (Wildman–Crippen LogP) is 3.18. The molecule has 0 saturated heterocycles. The smallest absolute Gasteiger partial charge is 0.319 e. The van der Waals surface area contributed by atoms with E-state index in [0.29, 0.717) is 5.69 Å². The van der Waals surface area contributed by atoms with Gasteiger partial charge in [-0.1, -0.05) is 24.3 Å². The SMILES string of the molecule is C[C@@H]1Oc2ccccc2[C@H]1NC(=O)Nc1ccc2ccc(=O)n(C)c2c1. The third kappa shape index (κ3) is 2.79. The molecule has 1 aromatic heterocycles. The number of ether oxygens (including phenoxy) is 1. The van der Waals surface area contributed by atoms with E-state index in [1.807, 2.05) is 43.3 Å². The number of rotatable bonds is 2. The van der Waals surface area contributed by atoms with Gasteiger partial charge >= 0.3 is 6.03 Å². The van der Waals surface area contributed by atoms with Gasteiger partial charge in [0, 0.05) is 24.4 Å². The Hall–Kier alpha value is -3.28. The number of aromatic nitrogens is 1. The Bertz CT molecular complexity index is 1060. The van der Waals surface area contributed by atoms with E-state index in [1.54, 1.807) is 23.7 Å². The highest BCUT2D eigenvalue weighted by molar-refractivity contribution is 5.92. The highest BCUT2D eigenvalue weighted by Gasteiger charge is 2.32. The van der Waals surface area contributed by atoms with Crippen molar-refractivity contribution in [2.75, 3.05) is 5.32 Å². The van der Waals surface area contributed by atoms with Gasteiger partial charge in [-0.2, -0.15) is 0 Å². The Morgan fingerprint density at radius 1 is 1.12 bits per heavy atom. The van der Waals surface area contributed by atoms with Crippen LogP contribution in [0.1, 0.15) is 18.5 Å². The lowest BCUT2D eigenvalue weighted by Crippen LogP contribution is -2.36. The van der Waals surface area contributed by atoms with Gasteiger partial charge in [0.25, 0.3) is 5.56 Å². The van der Waals surface area contributed by atoms with Gasteiger partial charge in [-0.25, -0.2) is 4.79 Å². The lowest BCUT2D eigenvalue weighted by Gasteiger charge is -2.17. The molecule has 3 aromatic rings. The van der Waals surface area contributed by atoms with Crippen LogP contribution in [0.2, 0.25) is 0 Å². The molecule has 0 aliphatic carbocycles. The van der Waals surface area contributed by atoms with Crippen LogP contribution in [0.3, 0.4) is 0 Å². The summed E-state index contributed by atoms with van der Waals surface area (Å²) in [6, 6.07) is 15.9. The molecule has 0 bridgehead atoms. The molecular weight excluding hydrogens is 330 g/mol. The summed E-state index contributed by atoms with van der Waals surface area (Å²) in [7, 11) is 1.71. The quantitative estimate of drug-likeness (QED) is 0.746. The first-order valence-electron chi connectivity index (χ1n) is 8.46. The van der Waals surface area contributed by atoms with Gasteiger partial charge in [0.15, 0.2) is 0 Å². The molecule has 0 radical (unpaired) electrons. The van der Waals surface area contributed by atoms with Gasteiger partial charge in [0.1, 0.15) is 11.9 Å². The van der Waals surface area contributed by atoms with Crippen molar-refractivity contribution < 1.29 is 9.53 Å². The van der Waals surface area contributed by atoms with Gasteiger partial charge in [0.05, 0.1) is 11.6 Å². The van der Waals surface area contributed by atoms with Crippen molar-refractivity contribution in [3.05, 3.63) is 70.5 Å². The normalized spacial score (nSPS) is 18.2. The van der Waals surface area contributed by atoms with Crippen molar-refractivity contribution >= 4 is 22.6 Å². The molecule has 2 N–H and O–H groups in total. The van der Waals surface area contributed by atoms with E-state index in [9.17, 15) is 9.59 Å². The van der Waals surface area contributed by atoms with Crippen LogP contribution in [0.15, 0.2) is 59.4 Å². The average molecular weight is 349 g/mol. The number of nitrogens with zero attached hydrogens (tertiary/aromatic N) is 1. The first kappa shape index (κ1) is 16.2. The van der Waals surface area contributed by atoms with Crippen LogP contribution >= 0.6 is 0 Å². The first-order chi connectivity index (χ1) is 12.5. The van der Waals surface area contributed by atoms with Crippen molar-refractivity contribution in [1.29, 1.82) is 0 Å². The number of aryl methyl sites for hydroxylation is 1. The maximum atomic E-state index is 12.5. The molecule has 1 aliphatic rings. The van der Waals surface area contributed by atoms with E-state index >= 15 is 0 Å². The zero-order valence-corrected chi connectivity index (χ0v) is 14.5. The molecule has 4 rings (SSSR count).